The van der Waals surface area contributed by atoms with Gasteiger partial charge < -0.3 is 5.11 Å². The number of non-ortho nitro benzene ring substituents is 1. The molecule has 4 aliphatic rings. The lowest BCUT2D eigenvalue weighted by atomic mass is 9.49. The van der Waals surface area contributed by atoms with Crippen LogP contribution in [0.2, 0.25) is 5.02 Å². The maximum atomic E-state index is 15.2. The van der Waals surface area contributed by atoms with Gasteiger partial charge in [-0.05, 0) is 72.4 Å². The summed E-state index contributed by atoms with van der Waals surface area (Å²) in [6.07, 6.45) is 2.27. The zero-order valence-corrected chi connectivity index (χ0v) is 26.6. The highest BCUT2D eigenvalue weighted by Crippen LogP contribution is 2.64. The molecular weight excluding hydrogens is 646 g/mol. The van der Waals surface area contributed by atoms with Gasteiger partial charge in [-0.25, -0.2) is 4.90 Å². The minimum absolute atomic E-state index is 0.0198. The van der Waals surface area contributed by atoms with E-state index in [4.69, 9.17) is 11.6 Å². The van der Waals surface area contributed by atoms with Crippen LogP contribution in [0.4, 0.5) is 17.1 Å². The van der Waals surface area contributed by atoms with Gasteiger partial charge in [-0.2, -0.15) is 0 Å². The molecule has 2 saturated heterocycles. The summed E-state index contributed by atoms with van der Waals surface area (Å²) in [6.45, 7) is 0. The van der Waals surface area contributed by atoms with Gasteiger partial charge in [-0.3, -0.25) is 34.2 Å². The fourth-order valence-corrected chi connectivity index (χ4v) is 8.99. The molecule has 3 fully saturated rings. The van der Waals surface area contributed by atoms with Crippen LogP contribution >= 0.6 is 11.6 Å². The average Bonchev–Trinajstić information content (AvgIpc) is 3.49. The number of halogens is 1. The van der Waals surface area contributed by atoms with Crippen molar-refractivity contribution in [3.63, 3.8) is 0 Å². The molecule has 11 heteroatoms. The van der Waals surface area contributed by atoms with E-state index in [9.17, 15) is 29.6 Å². The fourth-order valence-electron chi connectivity index (χ4n) is 8.80. The molecule has 0 bridgehead atoms. The van der Waals surface area contributed by atoms with Crippen molar-refractivity contribution in [1.29, 1.82) is 0 Å². The maximum absolute atomic E-state index is 15.2. The normalized spacial score (nSPS) is 27.4. The third-order valence-corrected chi connectivity index (χ3v) is 10.9. The summed E-state index contributed by atoms with van der Waals surface area (Å²) in [4.78, 5) is 71.2. The number of fused-ring (bicyclic) bond motifs is 4. The smallest absolute Gasteiger partial charge is 0.269 e. The largest absolute Gasteiger partial charge is 0.508 e. The second-order valence-electron chi connectivity index (χ2n) is 13.0. The van der Waals surface area contributed by atoms with Gasteiger partial charge >= 0.3 is 0 Å². The average molecular weight is 674 g/mol. The molecule has 4 amide bonds. The second kappa shape index (κ2) is 11.2. The number of nitro benzene ring substituents is 1. The van der Waals surface area contributed by atoms with Crippen molar-refractivity contribution in [1.82, 2.24) is 0 Å². The van der Waals surface area contributed by atoms with Gasteiger partial charge in [-0.1, -0.05) is 71.8 Å². The van der Waals surface area contributed by atoms with E-state index >= 15 is 4.79 Å². The maximum Gasteiger partial charge on any atom is 0.269 e. The van der Waals surface area contributed by atoms with Crippen LogP contribution in [0, 0.1) is 33.8 Å². The van der Waals surface area contributed by atoms with Crippen molar-refractivity contribution in [3.05, 3.63) is 141 Å². The number of aromatic hydroxyl groups is 1. The zero-order valence-electron chi connectivity index (χ0n) is 25.8. The van der Waals surface area contributed by atoms with Gasteiger partial charge in [-0.15, -0.1) is 0 Å². The third kappa shape index (κ3) is 4.40. The molecule has 0 radical (unpaired) electrons. The zero-order chi connectivity index (χ0) is 34.2. The monoisotopic (exact) mass is 673 g/mol. The molecule has 4 aromatic carbocycles. The molecule has 6 atom stereocenters. The summed E-state index contributed by atoms with van der Waals surface area (Å²) < 4.78 is 0. The van der Waals surface area contributed by atoms with Crippen molar-refractivity contribution in [2.24, 2.45) is 23.7 Å². The van der Waals surface area contributed by atoms with Crippen LogP contribution < -0.4 is 9.80 Å². The molecule has 49 heavy (non-hydrogen) atoms. The van der Waals surface area contributed by atoms with Crippen molar-refractivity contribution in [2.45, 2.75) is 24.2 Å². The Morgan fingerprint density at radius 2 is 1.51 bits per heavy atom. The number of imide groups is 2. The van der Waals surface area contributed by atoms with Gasteiger partial charge in [0.1, 0.15) is 5.75 Å². The van der Waals surface area contributed by atoms with E-state index in [0.717, 1.165) is 10.5 Å². The SMILES string of the molecule is O=C1C2CC=C3C(CC4C(=O)N(c5cccc(Cl)c5)C(=O)C4(c4ccccc4)C3c3cccc(O)c3)C2C(=O)N1c1ccc([N+](=O)[O-])cc1. The molecule has 4 aromatic rings. The van der Waals surface area contributed by atoms with Crippen molar-refractivity contribution in [3.8, 4) is 5.75 Å². The van der Waals surface area contributed by atoms with Gasteiger partial charge in [0.15, 0.2) is 0 Å². The van der Waals surface area contributed by atoms with Crippen LogP contribution in [0.5, 0.6) is 5.75 Å². The molecule has 8 rings (SSSR count). The van der Waals surface area contributed by atoms with E-state index in [1.807, 2.05) is 42.5 Å². The first-order valence-corrected chi connectivity index (χ1v) is 16.3. The Morgan fingerprint density at radius 3 is 2.20 bits per heavy atom. The summed E-state index contributed by atoms with van der Waals surface area (Å²) in [6, 6.07) is 27.6. The first-order chi connectivity index (χ1) is 23.6. The minimum atomic E-state index is -1.45. The lowest BCUT2D eigenvalue weighted by Gasteiger charge is -2.50. The van der Waals surface area contributed by atoms with Crippen LogP contribution in [-0.4, -0.2) is 33.7 Å². The van der Waals surface area contributed by atoms with E-state index in [2.05, 4.69) is 0 Å². The first-order valence-electron chi connectivity index (χ1n) is 15.9. The fraction of sp³-hybridized carbons (Fsp3) is 0.211. The Morgan fingerprint density at radius 1 is 0.776 bits per heavy atom. The number of hydrogen-bond acceptors (Lipinski definition) is 7. The molecule has 1 saturated carbocycles. The van der Waals surface area contributed by atoms with Gasteiger partial charge in [0, 0.05) is 23.1 Å². The van der Waals surface area contributed by atoms with E-state index < -0.39 is 63.6 Å². The number of phenols is 1. The number of hydrogen-bond donors (Lipinski definition) is 1. The molecule has 0 spiro atoms. The molecule has 6 unspecified atom stereocenters. The highest BCUT2D eigenvalue weighted by molar-refractivity contribution is 6.32. The predicted octanol–water partition coefficient (Wildman–Crippen LogP) is 6.32. The summed E-state index contributed by atoms with van der Waals surface area (Å²) in [5, 5.41) is 22.3. The first kappa shape index (κ1) is 30.7. The summed E-state index contributed by atoms with van der Waals surface area (Å²) >= 11 is 6.35. The molecule has 2 aliphatic heterocycles. The number of amides is 4. The number of phenolic OH excluding ortho intramolecular Hbond substituents is 1. The van der Waals surface area contributed by atoms with Gasteiger partial charge in [0.05, 0.1) is 39.5 Å². The third-order valence-electron chi connectivity index (χ3n) is 10.7. The van der Waals surface area contributed by atoms with E-state index in [1.165, 1.54) is 35.2 Å². The van der Waals surface area contributed by atoms with Crippen LogP contribution in [0.1, 0.15) is 29.9 Å². The summed E-state index contributed by atoms with van der Waals surface area (Å²) in [5.74, 6) is -5.63. The summed E-state index contributed by atoms with van der Waals surface area (Å²) in [5.41, 5.74) is 0.917. The van der Waals surface area contributed by atoms with Gasteiger partial charge in [0.2, 0.25) is 23.6 Å². The molecule has 0 aromatic heterocycles. The highest BCUT2D eigenvalue weighted by atomic mass is 35.5. The number of benzene rings is 4. The Hall–Kier alpha value is -5.61. The number of rotatable bonds is 5. The van der Waals surface area contributed by atoms with Crippen molar-refractivity contribution < 1.29 is 29.2 Å². The second-order valence-corrected chi connectivity index (χ2v) is 13.4. The van der Waals surface area contributed by atoms with Crippen LogP contribution in [0.3, 0.4) is 0 Å². The molecule has 2 aliphatic carbocycles. The quantitative estimate of drug-likeness (QED) is 0.113. The van der Waals surface area contributed by atoms with Crippen molar-refractivity contribution in [2.75, 3.05) is 9.80 Å². The van der Waals surface area contributed by atoms with E-state index in [-0.39, 0.29) is 30.0 Å². The highest BCUT2D eigenvalue weighted by Gasteiger charge is 2.70. The van der Waals surface area contributed by atoms with Crippen LogP contribution in [-0.2, 0) is 24.6 Å². The number of carbonyl (C=O) groups excluding carboxylic acids is 4. The lowest BCUT2D eigenvalue weighted by molar-refractivity contribution is -0.384. The number of carbonyl (C=O) groups is 4. The molecule has 1 N–H and O–H groups in total. The predicted molar refractivity (Wildman–Crippen MR) is 180 cm³/mol. The standard InChI is InChI=1S/C38H28ClN3O7/c39-23-9-5-10-26(19-23)41-35(45)31-20-30-28(16-17-29-32(30)36(46)40(34(29)44)24-12-14-25(15-13-24)42(48)49)33(21-6-4-11-27(43)18-21)38(31,37(41)47)22-7-2-1-3-8-22/h1-16,18-19,29-33,43H,17,20H2. The van der Waals surface area contributed by atoms with E-state index in [0.29, 0.717) is 21.8 Å². The minimum Gasteiger partial charge on any atom is -0.508 e. The van der Waals surface area contributed by atoms with Crippen LogP contribution in [0.15, 0.2) is 115 Å². The summed E-state index contributed by atoms with van der Waals surface area (Å²) in [7, 11) is 0. The Balaban J connectivity index is 1.32. The lowest BCUT2D eigenvalue weighted by Crippen LogP contribution is -2.53. The Labute approximate surface area is 285 Å². The van der Waals surface area contributed by atoms with E-state index in [1.54, 1.807) is 36.4 Å². The Kier molecular flexibility index (Phi) is 7.04. The number of nitro groups is 1. The number of allylic oxidation sites excluding steroid dienone is 2. The van der Waals surface area contributed by atoms with Crippen LogP contribution in [0.25, 0.3) is 0 Å². The van der Waals surface area contributed by atoms with Crippen molar-refractivity contribution >= 4 is 52.3 Å². The number of anilines is 2. The van der Waals surface area contributed by atoms with Gasteiger partial charge in [0.25, 0.3) is 5.69 Å². The topological polar surface area (TPSA) is 138 Å². The Bertz CT molecular complexity index is 2120. The number of nitrogens with zero attached hydrogens (tertiary/aromatic N) is 3. The molecule has 2 heterocycles. The molecule has 244 valence electrons. The molecule has 10 nitrogen and oxygen atoms in total. The molecular formula is C38H28ClN3O7.